The number of amides is 1. The monoisotopic (exact) mass is 402 g/mol. The molecule has 3 rings (SSSR count). The van der Waals surface area contributed by atoms with Crippen molar-refractivity contribution in [3.8, 4) is 5.75 Å². The fourth-order valence-corrected chi connectivity index (χ4v) is 3.57. The number of benzene rings is 1. The largest absolute Gasteiger partial charge is 0.497 e. The zero-order valence-corrected chi connectivity index (χ0v) is 16.8. The maximum atomic E-state index is 12.8. The van der Waals surface area contributed by atoms with Crippen LogP contribution in [0.25, 0.3) is 11.0 Å². The van der Waals surface area contributed by atoms with Crippen molar-refractivity contribution in [3.63, 3.8) is 0 Å². The maximum absolute atomic E-state index is 12.8. The van der Waals surface area contributed by atoms with Gasteiger partial charge in [0.1, 0.15) is 12.3 Å². The minimum Gasteiger partial charge on any atom is -0.497 e. The minimum absolute atomic E-state index is 0.108. The van der Waals surface area contributed by atoms with Gasteiger partial charge in [0.05, 0.1) is 12.6 Å². The highest BCUT2D eigenvalue weighted by molar-refractivity contribution is 7.04. The normalized spacial score (nSPS) is 11.1. The fraction of sp³-hybridized carbons (Fsp3) is 0.368. The van der Waals surface area contributed by atoms with E-state index in [2.05, 4.69) is 9.69 Å². The standard InChI is InChI=1S/C19H22N4O4S/c1-12(2)9-23-18(25)17-15(11-28-21-17)22(19(23)26)10-16(24)20-8-13-5-4-6-14(7-13)27-3/h4-7,11-12H,8-10H2,1-3H3,(H,20,24). The number of rotatable bonds is 7. The summed E-state index contributed by atoms with van der Waals surface area (Å²) in [5, 5.41) is 4.42. The molecule has 0 saturated carbocycles. The fourth-order valence-electron chi connectivity index (χ4n) is 2.90. The molecule has 28 heavy (non-hydrogen) atoms. The molecule has 0 fully saturated rings. The van der Waals surface area contributed by atoms with Crippen LogP contribution in [-0.2, 0) is 24.4 Å². The summed E-state index contributed by atoms with van der Waals surface area (Å²) < 4.78 is 11.7. The van der Waals surface area contributed by atoms with Gasteiger partial charge in [0, 0.05) is 18.5 Å². The van der Waals surface area contributed by atoms with Crippen molar-refractivity contribution in [2.24, 2.45) is 5.92 Å². The van der Waals surface area contributed by atoms with Gasteiger partial charge >= 0.3 is 5.69 Å². The van der Waals surface area contributed by atoms with Crippen LogP contribution in [0.3, 0.4) is 0 Å². The van der Waals surface area contributed by atoms with Crippen LogP contribution < -0.4 is 21.3 Å². The Morgan fingerprint density at radius 2 is 2.07 bits per heavy atom. The lowest BCUT2D eigenvalue weighted by molar-refractivity contribution is -0.121. The first kappa shape index (κ1) is 19.8. The minimum atomic E-state index is -0.497. The average Bonchev–Trinajstić information content (AvgIpc) is 3.17. The molecule has 0 aliphatic heterocycles. The molecule has 0 unspecified atom stereocenters. The smallest absolute Gasteiger partial charge is 0.332 e. The number of aromatic nitrogens is 3. The summed E-state index contributed by atoms with van der Waals surface area (Å²) in [5.41, 5.74) is 0.570. The molecule has 148 valence electrons. The van der Waals surface area contributed by atoms with Gasteiger partial charge in [-0.1, -0.05) is 26.0 Å². The van der Waals surface area contributed by atoms with Crippen molar-refractivity contribution in [2.75, 3.05) is 7.11 Å². The van der Waals surface area contributed by atoms with Crippen molar-refractivity contribution >= 4 is 28.5 Å². The molecule has 2 heterocycles. The molecule has 3 aromatic rings. The topological polar surface area (TPSA) is 95.2 Å². The Balaban J connectivity index is 1.85. The molecule has 0 radical (unpaired) electrons. The summed E-state index contributed by atoms with van der Waals surface area (Å²) in [5.74, 6) is 0.485. The first-order chi connectivity index (χ1) is 13.4. The molecule has 9 heteroatoms. The van der Waals surface area contributed by atoms with Crippen LogP contribution in [-0.4, -0.2) is 26.5 Å². The van der Waals surface area contributed by atoms with Gasteiger partial charge in [-0.15, -0.1) is 0 Å². The van der Waals surface area contributed by atoms with Gasteiger partial charge in [-0.2, -0.15) is 4.37 Å². The van der Waals surface area contributed by atoms with E-state index in [9.17, 15) is 14.4 Å². The van der Waals surface area contributed by atoms with Crippen molar-refractivity contribution in [1.82, 2.24) is 18.8 Å². The lowest BCUT2D eigenvalue weighted by Crippen LogP contribution is -2.43. The second-order valence-corrected chi connectivity index (χ2v) is 7.48. The second-order valence-electron chi connectivity index (χ2n) is 6.85. The van der Waals surface area contributed by atoms with E-state index in [1.165, 1.54) is 4.57 Å². The van der Waals surface area contributed by atoms with Gasteiger partial charge in [-0.3, -0.25) is 18.7 Å². The number of methoxy groups -OCH3 is 1. The molecular formula is C19H22N4O4S. The van der Waals surface area contributed by atoms with Gasteiger partial charge in [-0.05, 0) is 35.1 Å². The van der Waals surface area contributed by atoms with E-state index >= 15 is 0 Å². The van der Waals surface area contributed by atoms with E-state index in [4.69, 9.17) is 4.74 Å². The van der Waals surface area contributed by atoms with Gasteiger partial charge < -0.3 is 10.1 Å². The van der Waals surface area contributed by atoms with E-state index in [0.29, 0.717) is 17.8 Å². The molecule has 8 nitrogen and oxygen atoms in total. The van der Waals surface area contributed by atoms with Crippen LogP contribution in [0.2, 0.25) is 0 Å². The summed E-state index contributed by atoms with van der Waals surface area (Å²) in [4.78, 5) is 37.8. The number of nitrogens with zero attached hydrogens (tertiary/aromatic N) is 3. The van der Waals surface area contributed by atoms with Crippen LogP contribution in [0.5, 0.6) is 5.75 Å². The van der Waals surface area contributed by atoms with Crippen LogP contribution in [0, 0.1) is 5.92 Å². The van der Waals surface area contributed by atoms with E-state index < -0.39 is 11.2 Å². The average molecular weight is 402 g/mol. The van der Waals surface area contributed by atoms with Crippen molar-refractivity contribution in [3.05, 3.63) is 56.0 Å². The Bertz CT molecular complexity index is 1110. The third kappa shape index (κ3) is 4.14. The highest BCUT2D eigenvalue weighted by atomic mass is 32.1. The molecule has 0 bridgehead atoms. The molecule has 0 aliphatic rings. The Labute approximate surface area is 165 Å². The molecule has 0 spiro atoms. The molecule has 1 amide bonds. The van der Waals surface area contributed by atoms with Crippen LogP contribution in [0.4, 0.5) is 0 Å². The van der Waals surface area contributed by atoms with Crippen LogP contribution in [0.1, 0.15) is 19.4 Å². The zero-order valence-electron chi connectivity index (χ0n) is 16.0. The third-order valence-corrected chi connectivity index (χ3v) is 4.84. The molecule has 0 aliphatic carbocycles. The number of carbonyl (C=O) groups excluding carboxylic acids is 1. The maximum Gasteiger partial charge on any atom is 0.332 e. The Kier molecular flexibility index (Phi) is 5.93. The highest BCUT2D eigenvalue weighted by Gasteiger charge is 2.17. The van der Waals surface area contributed by atoms with Gasteiger partial charge in [0.25, 0.3) is 5.56 Å². The number of fused-ring (bicyclic) bond motifs is 1. The molecular weight excluding hydrogens is 380 g/mol. The Morgan fingerprint density at radius 3 is 2.79 bits per heavy atom. The van der Waals surface area contributed by atoms with Crippen LogP contribution >= 0.6 is 11.5 Å². The van der Waals surface area contributed by atoms with E-state index in [1.54, 1.807) is 12.5 Å². The summed E-state index contributed by atoms with van der Waals surface area (Å²) in [6.45, 7) is 4.23. The lowest BCUT2D eigenvalue weighted by atomic mass is 10.2. The first-order valence-corrected chi connectivity index (χ1v) is 9.71. The summed E-state index contributed by atoms with van der Waals surface area (Å²) in [7, 11) is 1.58. The van der Waals surface area contributed by atoms with Crippen molar-refractivity contribution in [2.45, 2.75) is 33.5 Å². The van der Waals surface area contributed by atoms with Crippen molar-refractivity contribution in [1.29, 1.82) is 0 Å². The van der Waals surface area contributed by atoms with Gasteiger partial charge in [0.2, 0.25) is 5.91 Å². The number of ether oxygens (including phenoxy) is 1. The summed E-state index contributed by atoms with van der Waals surface area (Å²) >= 11 is 1.09. The lowest BCUT2D eigenvalue weighted by Gasteiger charge is -2.13. The number of hydrogen-bond acceptors (Lipinski definition) is 6. The SMILES string of the molecule is COc1cccc(CNC(=O)Cn2c(=O)n(CC(C)C)c(=O)c3nscc32)c1. The molecule has 1 aromatic carbocycles. The van der Waals surface area contributed by atoms with E-state index in [1.807, 2.05) is 38.1 Å². The molecule has 1 N–H and O–H groups in total. The van der Waals surface area contributed by atoms with E-state index in [0.717, 1.165) is 21.7 Å². The van der Waals surface area contributed by atoms with E-state index in [-0.39, 0.29) is 30.4 Å². The molecule has 2 aromatic heterocycles. The third-order valence-electron chi connectivity index (χ3n) is 4.22. The van der Waals surface area contributed by atoms with Crippen LogP contribution in [0.15, 0.2) is 39.2 Å². The molecule has 0 atom stereocenters. The predicted molar refractivity (Wildman–Crippen MR) is 108 cm³/mol. The summed E-state index contributed by atoms with van der Waals surface area (Å²) in [6.07, 6.45) is 0. The Morgan fingerprint density at radius 1 is 1.29 bits per heavy atom. The van der Waals surface area contributed by atoms with Gasteiger partial charge in [-0.25, -0.2) is 4.79 Å². The second kappa shape index (κ2) is 8.39. The number of carbonyl (C=O) groups is 1. The number of hydrogen-bond donors (Lipinski definition) is 1. The zero-order chi connectivity index (χ0) is 20.3. The summed E-state index contributed by atoms with van der Waals surface area (Å²) in [6, 6.07) is 7.37. The van der Waals surface area contributed by atoms with Crippen molar-refractivity contribution < 1.29 is 9.53 Å². The first-order valence-electron chi connectivity index (χ1n) is 8.88. The molecule has 0 saturated heterocycles. The quantitative estimate of drug-likeness (QED) is 0.648. The van der Waals surface area contributed by atoms with Gasteiger partial charge in [0.15, 0.2) is 5.52 Å². The Hall–Kier alpha value is -2.94. The number of nitrogens with one attached hydrogen (secondary N) is 1. The highest BCUT2D eigenvalue weighted by Crippen LogP contribution is 2.12. The predicted octanol–water partition coefficient (Wildman–Crippen LogP) is 1.60.